The van der Waals surface area contributed by atoms with Crippen molar-refractivity contribution in [2.75, 3.05) is 13.1 Å². The summed E-state index contributed by atoms with van der Waals surface area (Å²) >= 11 is 0. The minimum atomic E-state index is -1.26. The van der Waals surface area contributed by atoms with Crippen molar-refractivity contribution in [3.8, 4) is 0 Å². The molecule has 0 radical (unpaired) electrons. The monoisotopic (exact) mass is 336 g/mol. The number of nitrogens with one attached hydrogen (secondary N) is 2. The molecule has 0 saturated heterocycles. The lowest BCUT2D eigenvalue weighted by atomic mass is 10.1. The molecule has 0 fully saturated rings. The maximum absolute atomic E-state index is 13.5. The third kappa shape index (κ3) is 5.06. The Morgan fingerprint density at radius 3 is 2.50 bits per heavy atom. The number of hydrogen-bond acceptors (Lipinski definition) is 6. The second-order valence-corrected chi connectivity index (χ2v) is 5.01. The van der Waals surface area contributed by atoms with Gasteiger partial charge in [-0.1, -0.05) is 12.1 Å². The molecule has 2 heterocycles. The van der Waals surface area contributed by atoms with E-state index in [2.05, 4.69) is 15.7 Å². The zero-order valence-electron chi connectivity index (χ0n) is 12.7. The van der Waals surface area contributed by atoms with Crippen LogP contribution >= 0.6 is 0 Å². The molecule has 8 nitrogen and oxygen atoms in total. The standard InChI is InChI=1S/C11H13FN4.C4H4O4/c12-10-3-1-2-8-6-16(7-9(8)10)15-11-13-4-5-14-11;5-3(6)1-2-4(7)8/h1-3H,4-7H2,(H2,13,14,15);1-2H,(H,5,6)(H,7,8)/b;2-1-. The molecule has 0 spiro atoms. The summed E-state index contributed by atoms with van der Waals surface area (Å²) in [6, 6.07) is 5.22. The minimum absolute atomic E-state index is 0.122. The van der Waals surface area contributed by atoms with Gasteiger partial charge in [-0.3, -0.25) is 10.4 Å². The average Bonchev–Trinajstić information content (AvgIpc) is 3.16. The number of fused-ring (bicyclic) bond motifs is 1. The summed E-state index contributed by atoms with van der Waals surface area (Å²) in [6.45, 7) is 2.98. The van der Waals surface area contributed by atoms with Crippen molar-refractivity contribution in [2.45, 2.75) is 13.1 Å². The molecule has 9 heteroatoms. The van der Waals surface area contributed by atoms with Gasteiger partial charge in [-0.25, -0.2) is 19.0 Å². The second kappa shape index (κ2) is 8.06. The van der Waals surface area contributed by atoms with E-state index in [9.17, 15) is 14.0 Å². The summed E-state index contributed by atoms with van der Waals surface area (Å²) in [6.07, 6.45) is 1.12. The van der Waals surface area contributed by atoms with Gasteiger partial charge in [0.15, 0.2) is 0 Å². The molecule has 0 saturated carbocycles. The summed E-state index contributed by atoms with van der Waals surface area (Å²) in [7, 11) is 0. The van der Waals surface area contributed by atoms with Crippen LogP contribution in [-0.4, -0.2) is 46.2 Å². The first-order chi connectivity index (χ1) is 11.5. The van der Waals surface area contributed by atoms with Crippen LogP contribution < -0.4 is 10.7 Å². The zero-order chi connectivity index (χ0) is 17.5. The van der Waals surface area contributed by atoms with Gasteiger partial charge in [-0.15, -0.1) is 0 Å². The topological polar surface area (TPSA) is 114 Å². The smallest absolute Gasteiger partial charge is 0.328 e. The Hall–Kier alpha value is -2.94. The van der Waals surface area contributed by atoms with Crippen molar-refractivity contribution in [2.24, 2.45) is 4.99 Å². The highest BCUT2D eigenvalue weighted by molar-refractivity contribution is 5.89. The van der Waals surface area contributed by atoms with Gasteiger partial charge in [0.25, 0.3) is 0 Å². The summed E-state index contributed by atoms with van der Waals surface area (Å²) in [5.74, 6) is -1.85. The Balaban J connectivity index is 0.000000224. The van der Waals surface area contributed by atoms with Crippen LogP contribution in [0.2, 0.25) is 0 Å². The van der Waals surface area contributed by atoms with E-state index < -0.39 is 11.9 Å². The van der Waals surface area contributed by atoms with E-state index >= 15 is 0 Å². The normalized spacial score (nSPS) is 16.0. The zero-order valence-corrected chi connectivity index (χ0v) is 12.7. The summed E-state index contributed by atoms with van der Waals surface area (Å²) in [5.41, 5.74) is 4.99. The minimum Gasteiger partial charge on any atom is -0.478 e. The van der Waals surface area contributed by atoms with E-state index in [4.69, 9.17) is 10.2 Å². The van der Waals surface area contributed by atoms with Crippen molar-refractivity contribution in [3.63, 3.8) is 0 Å². The van der Waals surface area contributed by atoms with Crippen LogP contribution in [-0.2, 0) is 22.7 Å². The molecule has 2 aliphatic rings. The molecule has 2 aliphatic heterocycles. The van der Waals surface area contributed by atoms with Gasteiger partial charge >= 0.3 is 11.9 Å². The summed E-state index contributed by atoms with van der Waals surface area (Å²) in [4.78, 5) is 23.4. The maximum Gasteiger partial charge on any atom is 0.328 e. The predicted molar refractivity (Wildman–Crippen MR) is 83.5 cm³/mol. The van der Waals surface area contributed by atoms with E-state index in [1.165, 1.54) is 6.07 Å². The highest BCUT2D eigenvalue weighted by Gasteiger charge is 2.22. The van der Waals surface area contributed by atoms with Gasteiger partial charge in [0, 0.05) is 37.3 Å². The number of hydrogen-bond donors (Lipinski definition) is 4. The first-order valence-electron chi connectivity index (χ1n) is 7.16. The number of aliphatic imine (C=N–C) groups is 1. The maximum atomic E-state index is 13.5. The third-order valence-electron chi connectivity index (χ3n) is 3.23. The van der Waals surface area contributed by atoms with Crippen LogP contribution in [0.1, 0.15) is 11.1 Å². The molecule has 0 amide bonds. The number of carboxylic acid groups (broad SMARTS) is 2. The first-order valence-corrected chi connectivity index (χ1v) is 7.16. The number of carbonyl (C=O) groups is 2. The molecule has 0 atom stereocenters. The number of nitrogens with zero attached hydrogens (tertiary/aromatic N) is 2. The Bertz CT molecular complexity index is 674. The van der Waals surface area contributed by atoms with Crippen LogP contribution in [0.5, 0.6) is 0 Å². The van der Waals surface area contributed by atoms with Crippen molar-refractivity contribution in [1.29, 1.82) is 0 Å². The molecule has 24 heavy (non-hydrogen) atoms. The molecule has 0 bridgehead atoms. The third-order valence-corrected chi connectivity index (χ3v) is 3.23. The number of carboxylic acids is 2. The lowest BCUT2D eigenvalue weighted by molar-refractivity contribution is -0.134. The number of hydrazine groups is 1. The lowest BCUT2D eigenvalue weighted by Gasteiger charge is -2.17. The van der Waals surface area contributed by atoms with Crippen LogP contribution in [0.15, 0.2) is 35.3 Å². The second-order valence-electron chi connectivity index (χ2n) is 5.01. The number of guanidine groups is 1. The largest absolute Gasteiger partial charge is 0.478 e. The fraction of sp³-hybridized carbons (Fsp3) is 0.267. The molecular weight excluding hydrogens is 319 g/mol. The molecule has 0 aromatic heterocycles. The van der Waals surface area contributed by atoms with E-state index in [1.54, 1.807) is 6.07 Å². The highest BCUT2D eigenvalue weighted by Crippen LogP contribution is 2.23. The predicted octanol–water partition coefficient (Wildman–Crippen LogP) is 0.317. The Morgan fingerprint density at radius 2 is 1.96 bits per heavy atom. The van der Waals surface area contributed by atoms with Crippen LogP contribution in [0.3, 0.4) is 0 Å². The summed E-state index contributed by atoms with van der Waals surface area (Å²) in [5, 5.41) is 20.7. The summed E-state index contributed by atoms with van der Waals surface area (Å²) < 4.78 is 13.5. The SMILES string of the molecule is Fc1cccc2c1CN(NC1=NCCN1)C2.O=C(O)/C=C\C(=O)O. The van der Waals surface area contributed by atoms with Gasteiger partial charge < -0.3 is 15.5 Å². The van der Waals surface area contributed by atoms with Crippen LogP contribution in [0, 0.1) is 5.82 Å². The average molecular weight is 336 g/mol. The van der Waals surface area contributed by atoms with Gasteiger partial charge in [-0.05, 0) is 11.6 Å². The number of rotatable bonds is 3. The lowest BCUT2D eigenvalue weighted by Crippen LogP contribution is -2.43. The van der Waals surface area contributed by atoms with Crippen LogP contribution in [0.4, 0.5) is 4.39 Å². The van der Waals surface area contributed by atoms with E-state index in [1.807, 2.05) is 11.1 Å². The molecule has 4 N–H and O–H groups in total. The van der Waals surface area contributed by atoms with E-state index in [-0.39, 0.29) is 5.82 Å². The Kier molecular flexibility index (Phi) is 5.85. The molecule has 128 valence electrons. The molecule has 1 aromatic carbocycles. The van der Waals surface area contributed by atoms with Crippen molar-refractivity contribution in [1.82, 2.24) is 15.8 Å². The Labute approximate surface area is 137 Å². The van der Waals surface area contributed by atoms with Gasteiger partial charge in [-0.2, -0.15) is 0 Å². The van der Waals surface area contributed by atoms with Crippen molar-refractivity contribution >= 4 is 17.9 Å². The van der Waals surface area contributed by atoms with Crippen molar-refractivity contribution < 1.29 is 24.2 Å². The van der Waals surface area contributed by atoms with E-state index in [0.29, 0.717) is 25.2 Å². The molecule has 0 aliphatic carbocycles. The van der Waals surface area contributed by atoms with E-state index in [0.717, 1.165) is 30.2 Å². The molecular formula is C15H17FN4O4. The molecule has 1 aromatic rings. The fourth-order valence-electron chi connectivity index (χ4n) is 2.23. The number of aliphatic carboxylic acids is 2. The highest BCUT2D eigenvalue weighted by atomic mass is 19.1. The fourth-order valence-corrected chi connectivity index (χ4v) is 2.23. The Morgan fingerprint density at radius 1 is 1.25 bits per heavy atom. The van der Waals surface area contributed by atoms with Gasteiger partial charge in [0.2, 0.25) is 5.96 Å². The van der Waals surface area contributed by atoms with Gasteiger partial charge in [0.05, 0.1) is 6.54 Å². The first kappa shape index (κ1) is 17.4. The molecule has 0 unspecified atom stereocenters. The molecule has 3 rings (SSSR count). The van der Waals surface area contributed by atoms with Crippen LogP contribution in [0.25, 0.3) is 0 Å². The van der Waals surface area contributed by atoms with Crippen molar-refractivity contribution in [3.05, 3.63) is 47.3 Å². The quantitative estimate of drug-likeness (QED) is 0.588. The number of benzene rings is 1. The number of halogens is 1. The van der Waals surface area contributed by atoms with Gasteiger partial charge in [0.1, 0.15) is 5.82 Å².